The Morgan fingerprint density at radius 3 is 2.28 bits per heavy atom. The van der Waals surface area contributed by atoms with E-state index >= 15 is 0 Å². The van der Waals surface area contributed by atoms with Gasteiger partial charge in [-0.25, -0.2) is 4.79 Å². The van der Waals surface area contributed by atoms with Gasteiger partial charge in [-0.05, 0) is 40.2 Å². The monoisotopic (exact) mass is 351 g/mol. The van der Waals surface area contributed by atoms with Gasteiger partial charge in [-0.3, -0.25) is 0 Å². The summed E-state index contributed by atoms with van der Waals surface area (Å²) in [6.45, 7) is 8.72. The molecule has 6 nitrogen and oxygen atoms in total. The van der Waals surface area contributed by atoms with Crippen molar-refractivity contribution in [1.82, 2.24) is 5.32 Å². The van der Waals surface area contributed by atoms with Crippen LogP contribution in [0.1, 0.15) is 46.3 Å². The van der Waals surface area contributed by atoms with Gasteiger partial charge in [0.05, 0.1) is 12.7 Å². The van der Waals surface area contributed by atoms with E-state index in [0.717, 1.165) is 5.56 Å². The molecule has 3 atom stereocenters. The summed E-state index contributed by atoms with van der Waals surface area (Å²) in [5.74, 6) is 0. The lowest BCUT2D eigenvalue weighted by Gasteiger charge is -2.30. The first-order valence-electron chi connectivity index (χ1n) is 8.27. The van der Waals surface area contributed by atoms with Gasteiger partial charge in [0.2, 0.25) is 0 Å². The average Bonchev–Trinajstić information content (AvgIpc) is 2.53. The van der Waals surface area contributed by atoms with Crippen molar-refractivity contribution in [1.29, 1.82) is 0 Å². The molecular formula is C19H29NO5. The van der Waals surface area contributed by atoms with Crippen LogP contribution < -0.4 is 5.32 Å². The predicted molar refractivity (Wildman–Crippen MR) is 95.4 cm³/mol. The summed E-state index contributed by atoms with van der Waals surface area (Å²) in [6, 6.07) is 9.68. The Balaban J connectivity index is 2.68. The first kappa shape index (κ1) is 21.1. The van der Waals surface area contributed by atoms with Gasteiger partial charge in [0.25, 0.3) is 0 Å². The summed E-state index contributed by atoms with van der Waals surface area (Å²) >= 11 is 0. The van der Waals surface area contributed by atoms with E-state index < -0.39 is 17.2 Å². The molecule has 0 bridgehead atoms. The highest BCUT2D eigenvalue weighted by Gasteiger charge is 2.31. The van der Waals surface area contributed by atoms with Crippen LogP contribution in [0.15, 0.2) is 30.3 Å². The molecule has 0 unspecified atom stereocenters. The number of methoxy groups -OCH3 is 1. The second kappa shape index (κ2) is 8.97. The van der Waals surface area contributed by atoms with E-state index in [1.165, 1.54) is 0 Å². The van der Waals surface area contributed by atoms with E-state index in [-0.39, 0.29) is 18.8 Å². The van der Waals surface area contributed by atoms with Crippen molar-refractivity contribution in [3.8, 4) is 0 Å². The van der Waals surface area contributed by atoms with Crippen LogP contribution in [0.5, 0.6) is 0 Å². The largest absolute Gasteiger partial charge is 0.444 e. The second-order valence-electron chi connectivity index (χ2n) is 7.25. The van der Waals surface area contributed by atoms with E-state index in [9.17, 15) is 9.59 Å². The van der Waals surface area contributed by atoms with Gasteiger partial charge in [0.15, 0.2) is 0 Å². The molecule has 0 aromatic heterocycles. The number of carbonyl (C=O) groups is 2. The van der Waals surface area contributed by atoms with Gasteiger partial charge < -0.3 is 24.3 Å². The maximum atomic E-state index is 11.9. The van der Waals surface area contributed by atoms with Crippen LogP contribution in [0.25, 0.3) is 0 Å². The summed E-state index contributed by atoms with van der Waals surface area (Å²) in [4.78, 5) is 23.4. The fourth-order valence-electron chi connectivity index (χ4n) is 2.27. The van der Waals surface area contributed by atoms with Crippen molar-refractivity contribution in [2.24, 2.45) is 0 Å². The maximum absolute atomic E-state index is 11.9. The van der Waals surface area contributed by atoms with E-state index in [4.69, 9.17) is 14.2 Å². The maximum Gasteiger partial charge on any atom is 0.408 e. The molecule has 1 amide bonds. The fourth-order valence-corrected chi connectivity index (χ4v) is 2.27. The van der Waals surface area contributed by atoms with E-state index in [2.05, 4.69) is 5.32 Å². The number of nitrogens with one attached hydrogen (secondary N) is 1. The number of rotatable bonds is 8. The highest BCUT2D eigenvalue weighted by atomic mass is 16.6. The quantitative estimate of drug-likeness (QED) is 0.728. The number of alkyl carbamates (subject to hydrolysis) is 1. The van der Waals surface area contributed by atoms with Gasteiger partial charge in [-0.1, -0.05) is 30.3 Å². The number of ether oxygens (including phenoxy) is 3. The SMILES string of the molecule is CO[C@@H](c1ccccc1)[C@H](C)OC[C@@](C)(C=O)NC(=O)OC(C)(C)C. The molecule has 0 fully saturated rings. The second-order valence-corrected chi connectivity index (χ2v) is 7.25. The van der Waals surface area contributed by atoms with Gasteiger partial charge in [0.1, 0.15) is 23.5 Å². The third-order valence-corrected chi connectivity index (χ3v) is 3.50. The Kier molecular flexibility index (Phi) is 7.58. The zero-order valence-electron chi connectivity index (χ0n) is 15.9. The number of hydrogen-bond acceptors (Lipinski definition) is 5. The molecule has 25 heavy (non-hydrogen) atoms. The Labute approximate surface area is 149 Å². The molecule has 1 aromatic carbocycles. The van der Waals surface area contributed by atoms with Crippen molar-refractivity contribution >= 4 is 12.4 Å². The van der Waals surface area contributed by atoms with Crippen LogP contribution in [0.4, 0.5) is 4.79 Å². The standard InChI is InChI=1S/C19H29NO5/c1-14(16(23-6)15-10-8-7-9-11-15)24-13-19(5,12-21)20-17(22)25-18(2,3)4/h7-12,14,16H,13H2,1-6H3,(H,20,22)/t14-,16+,19+/m0/s1. The Morgan fingerprint density at radius 2 is 1.80 bits per heavy atom. The van der Waals surface area contributed by atoms with E-state index in [1.54, 1.807) is 34.8 Å². The minimum absolute atomic E-state index is 0.00357. The topological polar surface area (TPSA) is 73.9 Å². The van der Waals surface area contributed by atoms with Crippen molar-refractivity contribution in [3.05, 3.63) is 35.9 Å². The molecule has 1 rings (SSSR count). The molecule has 140 valence electrons. The van der Waals surface area contributed by atoms with Crippen LogP contribution in [-0.2, 0) is 19.0 Å². The highest BCUT2D eigenvalue weighted by molar-refractivity contribution is 5.76. The van der Waals surface area contributed by atoms with Crippen LogP contribution in [0.2, 0.25) is 0 Å². The lowest BCUT2D eigenvalue weighted by molar-refractivity contribution is -0.118. The molecule has 0 spiro atoms. The van der Waals surface area contributed by atoms with Crippen LogP contribution >= 0.6 is 0 Å². The van der Waals surface area contributed by atoms with Crippen LogP contribution in [0, 0.1) is 0 Å². The van der Waals surface area contributed by atoms with Crippen molar-refractivity contribution in [2.45, 2.75) is 58.0 Å². The summed E-state index contributed by atoms with van der Waals surface area (Å²) in [7, 11) is 1.61. The number of hydrogen-bond donors (Lipinski definition) is 1. The molecule has 0 aliphatic rings. The highest BCUT2D eigenvalue weighted by Crippen LogP contribution is 2.23. The lowest BCUT2D eigenvalue weighted by atomic mass is 10.0. The molecule has 0 saturated carbocycles. The van der Waals surface area contributed by atoms with E-state index in [0.29, 0.717) is 6.29 Å². The minimum Gasteiger partial charge on any atom is -0.444 e. The zero-order chi connectivity index (χ0) is 19.1. The fraction of sp³-hybridized carbons (Fsp3) is 0.579. The molecule has 0 radical (unpaired) electrons. The van der Waals surface area contributed by atoms with Crippen molar-refractivity contribution < 1.29 is 23.8 Å². The van der Waals surface area contributed by atoms with Crippen LogP contribution in [-0.4, -0.2) is 43.3 Å². The summed E-state index contributed by atoms with van der Waals surface area (Å²) in [5.41, 5.74) is -0.854. The first-order chi connectivity index (χ1) is 11.6. The Hall–Kier alpha value is -1.92. The molecule has 0 heterocycles. The number of aldehydes is 1. The zero-order valence-corrected chi connectivity index (χ0v) is 15.9. The normalized spacial score (nSPS) is 16.4. The van der Waals surface area contributed by atoms with Gasteiger partial charge in [0, 0.05) is 7.11 Å². The van der Waals surface area contributed by atoms with Crippen molar-refractivity contribution in [3.63, 3.8) is 0 Å². The summed E-state index contributed by atoms with van der Waals surface area (Å²) in [5, 5.41) is 2.56. The molecule has 0 aliphatic heterocycles. The smallest absolute Gasteiger partial charge is 0.408 e. The van der Waals surface area contributed by atoms with Gasteiger partial charge in [-0.2, -0.15) is 0 Å². The minimum atomic E-state index is -1.19. The summed E-state index contributed by atoms with van der Waals surface area (Å²) < 4.78 is 16.5. The molecule has 6 heteroatoms. The number of amides is 1. The number of benzene rings is 1. The first-order valence-corrected chi connectivity index (χ1v) is 8.27. The van der Waals surface area contributed by atoms with Crippen LogP contribution in [0.3, 0.4) is 0 Å². The Bertz CT molecular complexity index is 555. The lowest BCUT2D eigenvalue weighted by Crippen LogP contribution is -2.52. The summed E-state index contributed by atoms with van der Waals surface area (Å²) in [6.07, 6.45) is -0.607. The number of carbonyl (C=O) groups excluding carboxylic acids is 2. The van der Waals surface area contributed by atoms with Gasteiger partial charge in [-0.15, -0.1) is 0 Å². The molecule has 0 aliphatic carbocycles. The molecule has 0 saturated heterocycles. The molecular weight excluding hydrogens is 322 g/mol. The third kappa shape index (κ3) is 7.23. The van der Waals surface area contributed by atoms with Crippen molar-refractivity contribution in [2.75, 3.05) is 13.7 Å². The Morgan fingerprint density at radius 1 is 1.20 bits per heavy atom. The van der Waals surface area contributed by atoms with E-state index in [1.807, 2.05) is 37.3 Å². The third-order valence-electron chi connectivity index (χ3n) is 3.50. The average molecular weight is 351 g/mol. The van der Waals surface area contributed by atoms with Gasteiger partial charge >= 0.3 is 6.09 Å². The molecule has 1 N–H and O–H groups in total. The molecule has 1 aromatic rings. The predicted octanol–water partition coefficient (Wildman–Crippen LogP) is 3.26.